The first-order valence-electron chi connectivity index (χ1n) is 9.46. The lowest BCUT2D eigenvalue weighted by Crippen LogP contribution is -2.66. The fourth-order valence-electron chi connectivity index (χ4n) is 5.57. The van der Waals surface area contributed by atoms with E-state index in [9.17, 15) is 4.79 Å². The molecule has 4 heteroatoms. The molecule has 1 saturated carbocycles. The van der Waals surface area contributed by atoms with Crippen molar-refractivity contribution in [3.8, 4) is 5.75 Å². The van der Waals surface area contributed by atoms with Gasteiger partial charge in [-0.15, -0.1) is 0 Å². The van der Waals surface area contributed by atoms with E-state index in [0.29, 0.717) is 31.5 Å². The van der Waals surface area contributed by atoms with E-state index in [1.54, 1.807) is 0 Å². The molecular formula is C21H28O4. The first kappa shape index (κ1) is 16.9. The molecule has 1 aromatic carbocycles. The smallest absolute Gasteiger partial charge is 0.305 e. The van der Waals surface area contributed by atoms with Gasteiger partial charge in [0.15, 0.2) is 0 Å². The molecular weight excluding hydrogens is 316 g/mol. The summed E-state index contributed by atoms with van der Waals surface area (Å²) >= 11 is 0. The van der Waals surface area contributed by atoms with Crippen molar-refractivity contribution in [2.75, 3.05) is 13.2 Å². The van der Waals surface area contributed by atoms with E-state index in [0.717, 1.165) is 17.7 Å². The average molecular weight is 344 g/mol. The summed E-state index contributed by atoms with van der Waals surface area (Å²) in [7, 11) is 0. The molecule has 0 aromatic heterocycles. The van der Waals surface area contributed by atoms with Gasteiger partial charge in [-0.05, 0) is 31.2 Å². The molecule has 2 fully saturated rings. The van der Waals surface area contributed by atoms with Gasteiger partial charge >= 0.3 is 5.97 Å². The van der Waals surface area contributed by atoms with Crippen LogP contribution in [-0.2, 0) is 14.3 Å². The number of carbonyl (C=O) groups excluding carboxylic acids is 1. The molecule has 0 amide bonds. The number of hydrogen-bond acceptors (Lipinski definition) is 4. The Bertz CT molecular complexity index is 686. The van der Waals surface area contributed by atoms with Crippen LogP contribution in [-0.4, -0.2) is 24.8 Å². The van der Waals surface area contributed by atoms with Crippen LogP contribution in [0.25, 0.3) is 0 Å². The van der Waals surface area contributed by atoms with Crippen molar-refractivity contribution < 1.29 is 19.0 Å². The number of fused-ring (bicyclic) bond motifs is 3. The fraction of sp³-hybridized carbons (Fsp3) is 0.667. The van der Waals surface area contributed by atoms with E-state index in [1.807, 2.05) is 13.0 Å². The van der Waals surface area contributed by atoms with Gasteiger partial charge in [-0.1, -0.05) is 39.0 Å². The van der Waals surface area contributed by atoms with E-state index in [4.69, 9.17) is 14.2 Å². The maximum atomic E-state index is 11.8. The minimum Gasteiger partial charge on any atom is -0.487 e. The number of ether oxygens (including phenoxy) is 3. The number of rotatable bonds is 3. The number of esters is 1. The van der Waals surface area contributed by atoms with Crippen molar-refractivity contribution in [3.63, 3.8) is 0 Å². The van der Waals surface area contributed by atoms with Gasteiger partial charge in [0, 0.05) is 23.3 Å². The molecule has 25 heavy (non-hydrogen) atoms. The number of carbonyl (C=O) groups is 1. The highest BCUT2D eigenvalue weighted by molar-refractivity contribution is 5.68. The third kappa shape index (κ3) is 2.33. The van der Waals surface area contributed by atoms with Gasteiger partial charge in [0.2, 0.25) is 0 Å². The molecule has 0 N–H and O–H groups in total. The van der Waals surface area contributed by atoms with Crippen molar-refractivity contribution in [2.45, 2.75) is 52.2 Å². The summed E-state index contributed by atoms with van der Waals surface area (Å²) in [6, 6.07) is 8.24. The highest BCUT2D eigenvalue weighted by atomic mass is 16.5. The Balaban J connectivity index is 1.72. The summed E-state index contributed by atoms with van der Waals surface area (Å²) in [6.45, 7) is 9.70. The molecule has 1 aliphatic carbocycles. The predicted octanol–water partition coefficient (Wildman–Crippen LogP) is 4.14. The quantitative estimate of drug-likeness (QED) is 0.773. The van der Waals surface area contributed by atoms with Gasteiger partial charge in [0.25, 0.3) is 0 Å². The maximum Gasteiger partial charge on any atom is 0.305 e. The monoisotopic (exact) mass is 344 g/mol. The van der Waals surface area contributed by atoms with Gasteiger partial charge in [0.1, 0.15) is 11.4 Å². The standard InChI is InChI=1S/C21H28O4/c1-5-17(22)23-11-21-12-24-19-15-8-6-7-9-16(15)25-20(4,10-13(21)2)18(19)14(21)3/h6-9,13-14,18-19H,5,10-12H2,1-4H3/t13-,14-,18-,19+,20-,21-/m0/s1. The van der Waals surface area contributed by atoms with Crippen LogP contribution in [0.1, 0.15) is 52.2 Å². The highest BCUT2D eigenvalue weighted by Crippen LogP contribution is 2.63. The normalized spacial score (nSPS) is 41.4. The first-order chi connectivity index (χ1) is 11.9. The summed E-state index contributed by atoms with van der Waals surface area (Å²) in [5.41, 5.74) is 0.794. The summed E-state index contributed by atoms with van der Waals surface area (Å²) in [5.74, 6) is 1.82. The molecule has 6 atom stereocenters. The number of benzene rings is 1. The van der Waals surface area contributed by atoms with Crippen LogP contribution < -0.4 is 4.74 Å². The zero-order valence-corrected chi connectivity index (χ0v) is 15.6. The van der Waals surface area contributed by atoms with E-state index in [1.165, 1.54) is 0 Å². The van der Waals surface area contributed by atoms with Crippen LogP contribution in [0.4, 0.5) is 0 Å². The SMILES string of the molecule is CCC(=O)OC[C@]12CO[C@@H]3c4ccccc4O[C@@](C)(C[C@@H]1C)[C@H]3[C@@H]2C. The average Bonchev–Trinajstić information content (AvgIpc) is 2.59. The Hall–Kier alpha value is -1.55. The summed E-state index contributed by atoms with van der Waals surface area (Å²) in [4.78, 5) is 11.8. The van der Waals surface area contributed by atoms with Gasteiger partial charge < -0.3 is 14.2 Å². The van der Waals surface area contributed by atoms with Gasteiger partial charge in [-0.2, -0.15) is 0 Å². The molecule has 2 heterocycles. The predicted molar refractivity (Wildman–Crippen MR) is 94.3 cm³/mol. The third-order valence-electron chi connectivity index (χ3n) is 7.06. The summed E-state index contributed by atoms with van der Waals surface area (Å²) in [6.07, 6.45) is 1.44. The molecule has 2 bridgehead atoms. The fourth-order valence-corrected chi connectivity index (χ4v) is 5.57. The lowest BCUT2D eigenvalue weighted by molar-refractivity contribution is -0.262. The lowest BCUT2D eigenvalue weighted by atomic mass is 9.50. The van der Waals surface area contributed by atoms with Crippen molar-refractivity contribution in [3.05, 3.63) is 29.8 Å². The summed E-state index contributed by atoms with van der Waals surface area (Å²) in [5, 5.41) is 0. The Morgan fingerprint density at radius 2 is 2.08 bits per heavy atom. The van der Waals surface area contributed by atoms with Gasteiger partial charge in [-0.25, -0.2) is 0 Å². The zero-order chi connectivity index (χ0) is 17.8. The Morgan fingerprint density at radius 1 is 1.32 bits per heavy atom. The highest BCUT2D eigenvalue weighted by Gasteiger charge is 2.64. The van der Waals surface area contributed by atoms with Crippen molar-refractivity contribution in [2.24, 2.45) is 23.2 Å². The van der Waals surface area contributed by atoms with E-state index >= 15 is 0 Å². The van der Waals surface area contributed by atoms with Crippen LogP contribution in [0.5, 0.6) is 5.75 Å². The Labute approximate surface area is 149 Å². The molecule has 1 saturated heterocycles. The van der Waals surface area contributed by atoms with E-state index in [-0.39, 0.29) is 29.0 Å². The van der Waals surface area contributed by atoms with Crippen LogP contribution in [0.2, 0.25) is 0 Å². The van der Waals surface area contributed by atoms with Crippen LogP contribution in [0.3, 0.4) is 0 Å². The van der Waals surface area contributed by atoms with Crippen LogP contribution >= 0.6 is 0 Å². The number of hydrogen-bond donors (Lipinski definition) is 0. The Morgan fingerprint density at radius 3 is 2.84 bits per heavy atom. The van der Waals surface area contributed by atoms with Crippen LogP contribution in [0.15, 0.2) is 24.3 Å². The first-order valence-corrected chi connectivity index (χ1v) is 9.46. The van der Waals surface area contributed by atoms with Crippen molar-refractivity contribution >= 4 is 5.97 Å². The molecule has 3 aliphatic rings. The second kappa shape index (κ2) is 5.73. The maximum absolute atomic E-state index is 11.8. The molecule has 136 valence electrons. The van der Waals surface area contributed by atoms with Crippen LogP contribution in [0, 0.1) is 23.2 Å². The van der Waals surface area contributed by atoms with E-state index < -0.39 is 0 Å². The minimum atomic E-state index is -0.240. The topological polar surface area (TPSA) is 44.8 Å². The Kier molecular flexibility index (Phi) is 3.87. The van der Waals surface area contributed by atoms with Gasteiger partial charge in [0.05, 0.1) is 19.3 Å². The van der Waals surface area contributed by atoms with E-state index in [2.05, 4.69) is 39.0 Å². The number of para-hydroxylation sites is 1. The van der Waals surface area contributed by atoms with Crippen molar-refractivity contribution in [1.29, 1.82) is 0 Å². The molecule has 2 aliphatic heterocycles. The molecule has 0 unspecified atom stereocenters. The third-order valence-corrected chi connectivity index (χ3v) is 7.06. The lowest BCUT2D eigenvalue weighted by Gasteiger charge is -2.63. The summed E-state index contributed by atoms with van der Waals surface area (Å²) < 4.78 is 18.6. The molecule has 4 rings (SSSR count). The second-order valence-electron chi connectivity index (χ2n) is 8.35. The second-order valence-corrected chi connectivity index (χ2v) is 8.35. The van der Waals surface area contributed by atoms with Gasteiger partial charge in [-0.3, -0.25) is 4.79 Å². The molecule has 4 nitrogen and oxygen atoms in total. The zero-order valence-electron chi connectivity index (χ0n) is 15.6. The van der Waals surface area contributed by atoms with Crippen molar-refractivity contribution in [1.82, 2.24) is 0 Å². The molecule has 0 spiro atoms. The minimum absolute atomic E-state index is 0.0625. The molecule has 1 aromatic rings. The largest absolute Gasteiger partial charge is 0.487 e. The molecule has 0 radical (unpaired) electrons.